The van der Waals surface area contributed by atoms with E-state index < -0.39 is 0 Å². The van der Waals surface area contributed by atoms with Gasteiger partial charge in [-0.05, 0) is 36.8 Å². The summed E-state index contributed by atoms with van der Waals surface area (Å²) in [5, 5.41) is 0.879. The minimum Gasteiger partial charge on any atom is -0.497 e. The van der Waals surface area contributed by atoms with E-state index in [9.17, 15) is 0 Å². The molecule has 0 fully saturated rings. The molecule has 0 aliphatic heterocycles. The molecule has 1 atom stereocenters. The van der Waals surface area contributed by atoms with Gasteiger partial charge < -0.3 is 15.4 Å². The van der Waals surface area contributed by atoms with Crippen molar-refractivity contribution in [3.05, 3.63) is 48.3 Å². The second kappa shape index (κ2) is 6.08. The van der Waals surface area contributed by atoms with Crippen LogP contribution in [0.3, 0.4) is 0 Å². The molecule has 23 heavy (non-hydrogen) atoms. The fraction of sp³-hybridized carbons (Fsp3) is 0.235. The van der Waals surface area contributed by atoms with Gasteiger partial charge in [0, 0.05) is 7.05 Å². The third-order valence-corrected chi connectivity index (χ3v) is 4.01. The Morgan fingerprint density at radius 3 is 2.52 bits per heavy atom. The zero-order chi connectivity index (χ0) is 16.4. The summed E-state index contributed by atoms with van der Waals surface area (Å²) in [7, 11) is 3.67. The maximum Gasteiger partial charge on any atom is 0.166 e. The number of pyridine rings is 1. The lowest BCUT2D eigenvalue weighted by atomic mass is 10.1. The molecule has 6 heteroatoms. The quantitative estimate of drug-likeness (QED) is 0.798. The Bertz CT molecular complexity index is 819. The van der Waals surface area contributed by atoms with Crippen LogP contribution in [0.15, 0.2) is 42.7 Å². The predicted molar refractivity (Wildman–Crippen MR) is 91.6 cm³/mol. The van der Waals surface area contributed by atoms with E-state index in [1.54, 1.807) is 13.2 Å². The van der Waals surface area contributed by atoms with Crippen LogP contribution in [0.25, 0.3) is 11.0 Å². The number of nitrogens with zero attached hydrogens (tertiary/aromatic N) is 4. The van der Waals surface area contributed by atoms with E-state index >= 15 is 0 Å². The van der Waals surface area contributed by atoms with Gasteiger partial charge in [0.15, 0.2) is 5.65 Å². The average molecular weight is 309 g/mol. The average Bonchev–Trinajstić information content (AvgIpc) is 2.59. The molecule has 0 saturated heterocycles. The van der Waals surface area contributed by atoms with Crippen LogP contribution in [0, 0.1) is 0 Å². The van der Waals surface area contributed by atoms with Gasteiger partial charge in [0.2, 0.25) is 0 Å². The van der Waals surface area contributed by atoms with Gasteiger partial charge in [-0.25, -0.2) is 15.0 Å². The molecule has 118 valence electrons. The molecule has 0 radical (unpaired) electrons. The van der Waals surface area contributed by atoms with Gasteiger partial charge in [-0.1, -0.05) is 12.1 Å². The lowest BCUT2D eigenvalue weighted by Crippen LogP contribution is -2.23. The molecule has 1 aromatic carbocycles. The van der Waals surface area contributed by atoms with Crippen LogP contribution in [0.4, 0.5) is 11.6 Å². The standard InChI is InChI=1S/C17H19N5O/c1-11(12-4-6-13(23-3)7-5-12)22(2)17-14-8-9-15(18)21-16(14)19-10-20-17/h4-11H,1-3H3,(H2,18,19,20,21). The summed E-state index contributed by atoms with van der Waals surface area (Å²) >= 11 is 0. The van der Waals surface area contributed by atoms with Crippen molar-refractivity contribution in [2.45, 2.75) is 13.0 Å². The molecule has 2 N–H and O–H groups in total. The molecule has 0 aliphatic carbocycles. The summed E-state index contributed by atoms with van der Waals surface area (Å²) in [4.78, 5) is 15.0. The molecule has 2 aromatic heterocycles. The van der Waals surface area contributed by atoms with Crippen molar-refractivity contribution < 1.29 is 4.74 Å². The van der Waals surface area contributed by atoms with Gasteiger partial charge in [0.1, 0.15) is 23.7 Å². The monoisotopic (exact) mass is 309 g/mol. The molecule has 0 amide bonds. The summed E-state index contributed by atoms with van der Waals surface area (Å²) < 4.78 is 5.21. The Balaban J connectivity index is 1.97. The maximum absolute atomic E-state index is 5.73. The van der Waals surface area contributed by atoms with E-state index in [0.29, 0.717) is 11.5 Å². The normalized spacial score (nSPS) is 12.1. The van der Waals surface area contributed by atoms with Gasteiger partial charge >= 0.3 is 0 Å². The van der Waals surface area contributed by atoms with Crippen LogP contribution in [0.5, 0.6) is 5.75 Å². The Hall–Kier alpha value is -2.89. The number of rotatable bonds is 4. The number of methoxy groups -OCH3 is 1. The van der Waals surface area contributed by atoms with Crippen LogP contribution in [-0.4, -0.2) is 29.1 Å². The molecular weight excluding hydrogens is 290 g/mol. The zero-order valence-electron chi connectivity index (χ0n) is 13.4. The van der Waals surface area contributed by atoms with Crippen molar-refractivity contribution in [1.29, 1.82) is 0 Å². The first-order valence-corrected chi connectivity index (χ1v) is 7.34. The Morgan fingerprint density at radius 1 is 1.09 bits per heavy atom. The summed E-state index contributed by atoms with van der Waals surface area (Å²) in [6.45, 7) is 2.13. The van der Waals surface area contributed by atoms with Crippen LogP contribution < -0.4 is 15.4 Å². The van der Waals surface area contributed by atoms with E-state index in [0.717, 1.165) is 17.0 Å². The van der Waals surface area contributed by atoms with Gasteiger partial charge in [-0.15, -0.1) is 0 Å². The first-order chi connectivity index (χ1) is 11.1. The molecule has 0 aliphatic rings. The highest BCUT2D eigenvalue weighted by molar-refractivity contribution is 5.87. The summed E-state index contributed by atoms with van der Waals surface area (Å²) in [6, 6.07) is 11.8. The number of aromatic nitrogens is 3. The van der Waals surface area contributed by atoms with Gasteiger partial charge in [-0.2, -0.15) is 0 Å². The van der Waals surface area contributed by atoms with Gasteiger partial charge in [0.25, 0.3) is 0 Å². The van der Waals surface area contributed by atoms with E-state index in [4.69, 9.17) is 10.5 Å². The highest BCUT2D eigenvalue weighted by Gasteiger charge is 2.16. The zero-order valence-corrected chi connectivity index (χ0v) is 13.4. The van der Waals surface area contributed by atoms with Crippen LogP contribution in [-0.2, 0) is 0 Å². The van der Waals surface area contributed by atoms with Crippen molar-refractivity contribution in [2.75, 3.05) is 24.8 Å². The number of nitrogen functional groups attached to an aromatic ring is 1. The van der Waals surface area contributed by atoms with E-state index in [-0.39, 0.29) is 6.04 Å². The number of anilines is 2. The minimum atomic E-state index is 0.136. The third-order valence-electron chi connectivity index (χ3n) is 4.01. The van der Waals surface area contributed by atoms with E-state index in [1.807, 2.05) is 25.2 Å². The van der Waals surface area contributed by atoms with Crippen LogP contribution in [0.2, 0.25) is 0 Å². The van der Waals surface area contributed by atoms with Crippen molar-refractivity contribution in [1.82, 2.24) is 15.0 Å². The molecule has 3 aromatic rings. The maximum atomic E-state index is 5.73. The summed E-state index contributed by atoms with van der Waals surface area (Å²) in [6.07, 6.45) is 1.52. The number of ether oxygens (including phenoxy) is 1. The second-order valence-corrected chi connectivity index (χ2v) is 5.36. The molecule has 0 bridgehead atoms. The molecule has 6 nitrogen and oxygen atoms in total. The summed E-state index contributed by atoms with van der Waals surface area (Å²) in [5.74, 6) is 2.12. The fourth-order valence-electron chi connectivity index (χ4n) is 2.51. The van der Waals surface area contributed by atoms with Crippen LogP contribution in [0.1, 0.15) is 18.5 Å². The molecule has 1 unspecified atom stereocenters. The Morgan fingerprint density at radius 2 is 1.83 bits per heavy atom. The van der Waals surface area contributed by atoms with Gasteiger partial charge in [0.05, 0.1) is 18.5 Å². The van der Waals surface area contributed by atoms with Crippen molar-refractivity contribution >= 4 is 22.7 Å². The molecule has 2 heterocycles. The predicted octanol–water partition coefficient (Wildman–Crippen LogP) is 2.81. The lowest BCUT2D eigenvalue weighted by molar-refractivity contribution is 0.414. The van der Waals surface area contributed by atoms with E-state index in [2.05, 4.69) is 38.9 Å². The Kier molecular flexibility index (Phi) is 3.97. The Labute approximate surface area is 135 Å². The number of benzene rings is 1. The highest BCUT2D eigenvalue weighted by atomic mass is 16.5. The van der Waals surface area contributed by atoms with Crippen molar-refractivity contribution in [3.63, 3.8) is 0 Å². The summed E-state index contributed by atoms with van der Waals surface area (Å²) in [5.41, 5.74) is 7.50. The molecular formula is C17H19N5O. The third kappa shape index (κ3) is 2.88. The lowest BCUT2D eigenvalue weighted by Gasteiger charge is -2.27. The van der Waals surface area contributed by atoms with E-state index in [1.165, 1.54) is 11.9 Å². The number of fused-ring (bicyclic) bond motifs is 1. The molecule has 0 saturated carbocycles. The molecule has 0 spiro atoms. The van der Waals surface area contributed by atoms with Gasteiger partial charge in [-0.3, -0.25) is 0 Å². The van der Waals surface area contributed by atoms with Crippen molar-refractivity contribution in [2.24, 2.45) is 0 Å². The largest absolute Gasteiger partial charge is 0.497 e. The number of nitrogens with two attached hydrogens (primary N) is 1. The first-order valence-electron chi connectivity index (χ1n) is 7.34. The fourth-order valence-corrected chi connectivity index (χ4v) is 2.51. The molecule has 3 rings (SSSR count). The highest BCUT2D eigenvalue weighted by Crippen LogP contribution is 2.29. The first kappa shape index (κ1) is 15.0. The van der Waals surface area contributed by atoms with Crippen LogP contribution >= 0.6 is 0 Å². The smallest absolute Gasteiger partial charge is 0.166 e. The number of hydrogen-bond donors (Lipinski definition) is 1. The number of hydrogen-bond acceptors (Lipinski definition) is 6. The second-order valence-electron chi connectivity index (χ2n) is 5.36. The minimum absolute atomic E-state index is 0.136. The topological polar surface area (TPSA) is 77.2 Å². The van der Waals surface area contributed by atoms with Crippen molar-refractivity contribution in [3.8, 4) is 5.75 Å². The SMILES string of the molecule is COc1ccc(C(C)N(C)c2ncnc3nc(N)ccc23)cc1.